The second kappa shape index (κ2) is 10.1. The Morgan fingerprint density at radius 3 is 2.67 bits per heavy atom. The SMILES string of the molecule is CN(CC1(O)CCN(c2ccnc3ccncc23)CC1)C(=O)c1ccc(OCCCN)cc1. The number of hydrogen-bond donors (Lipinski definition) is 2. The van der Waals surface area contributed by atoms with E-state index in [-0.39, 0.29) is 12.5 Å². The van der Waals surface area contributed by atoms with Gasteiger partial charge in [-0.15, -0.1) is 0 Å². The highest BCUT2D eigenvalue weighted by molar-refractivity contribution is 5.94. The topological polar surface area (TPSA) is 105 Å². The summed E-state index contributed by atoms with van der Waals surface area (Å²) in [6.45, 7) is 2.81. The van der Waals surface area contributed by atoms with Crippen molar-refractivity contribution in [2.75, 3.05) is 44.7 Å². The number of piperidine rings is 1. The molecule has 1 amide bonds. The third kappa shape index (κ3) is 5.40. The maximum absolute atomic E-state index is 12.9. The zero-order valence-electron chi connectivity index (χ0n) is 19.0. The Morgan fingerprint density at radius 1 is 1.18 bits per heavy atom. The van der Waals surface area contributed by atoms with Crippen molar-refractivity contribution in [3.8, 4) is 5.75 Å². The number of likely N-dealkylation sites (N-methyl/N-ethyl adjacent to an activating group) is 1. The van der Waals surface area contributed by atoms with Crippen LogP contribution in [0, 0.1) is 0 Å². The monoisotopic (exact) mass is 449 g/mol. The number of aliphatic hydroxyl groups is 1. The van der Waals surface area contributed by atoms with Crippen molar-refractivity contribution < 1.29 is 14.6 Å². The van der Waals surface area contributed by atoms with Gasteiger partial charge in [-0.3, -0.25) is 14.8 Å². The molecule has 0 atom stereocenters. The summed E-state index contributed by atoms with van der Waals surface area (Å²) in [6.07, 6.45) is 7.31. The van der Waals surface area contributed by atoms with E-state index in [2.05, 4.69) is 14.9 Å². The van der Waals surface area contributed by atoms with Gasteiger partial charge < -0.3 is 25.4 Å². The number of nitrogens with zero attached hydrogens (tertiary/aromatic N) is 4. The number of amides is 1. The number of hydrogen-bond acceptors (Lipinski definition) is 7. The average molecular weight is 450 g/mol. The molecule has 1 aromatic carbocycles. The van der Waals surface area contributed by atoms with Crippen LogP contribution >= 0.6 is 0 Å². The molecule has 1 fully saturated rings. The fourth-order valence-electron chi connectivity index (χ4n) is 4.27. The molecule has 8 heteroatoms. The highest BCUT2D eigenvalue weighted by atomic mass is 16.5. The molecule has 2 aromatic heterocycles. The van der Waals surface area contributed by atoms with Gasteiger partial charge in [0.2, 0.25) is 0 Å². The first-order chi connectivity index (χ1) is 16.0. The molecule has 3 N–H and O–H groups in total. The summed E-state index contributed by atoms with van der Waals surface area (Å²) >= 11 is 0. The number of fused-ring (bicyclic) bond motifs is 1. The van der Waals surface area contributed by atoms with Crippen molar-refractivity contribution >= 4 is 22.5 Å². The Hall–Kier alpha value is -3.23. The number of aromatic nitrogens is 2. The number of benzene rings is 1. The lowest BCUT2D eigenvalue weighted by molar-refractivity contribution is -0.00799. The van der Waals surface area contributed by atoms with E-state index in [0.717, 1.165) is 23.0 Å². The lowest BCUT2D eigenvalue weighted by Gasteiger charge is -2.41. The minimum atomic E-state index is -0.923. The van der Waals surface area contributed by atoms with Crippen LogP contribution in [0.3, 0.4) is 0 Å². The van der Waals surface area contributed by atoms with E-state index in [1.54, 1.807) is 48.6 Å². The molecule has 33 heavy (non-hydrogen) atoms. The molecule has 0 saturated carbocycles. The van der Waals surface area contributed by atoms with Crippen molar-refractivity contribution in [2.24, 2.45) is 5.73 Å². The molecule has 1 aliphatic rings. The second-order valence-corrected chi connectivity index (χ2v) is 8.61. The molecule has 1 aliphatic heterocycles. The van der Waals surface area contributed by atoms with Crippen molar-refractivity contribution in [1.82, 2.24) is 14.9 Å². The third-order valence-electron chi connectivity index (χ3n) is 6.15. The summed E-state index contributed by atoms with van der Waals surface area (Å²) in [5, 5.41) is 12.2. The first-order valence-electron chi connectivity index (χ1n) is 11.3. The van der Waals surface area contributed by atoms with Gasteiger partial charge in [0.05, 0.1) is 17.7 Å². The summed E-state index contributed by atoms with van der Waals surface area (Å²) in [5.74, 6) is 0.595. The molecule has 8 nitrogen and oxygen atoms in total. The van der Waals surface area contributed by atoms with Gasteiger partial charge in [0.1, 0.15) is 5.75 Å². The summed E-state index contributed by atoms with van der Waals surface area (Å²) in [4.78, 5) is 25.4. The first kappa shape index (κ1) is 22.9. The quantitative estimate of drug-likeness (QED) is 0.509. The van der Waals surface area contributed by atoms with Crippen molar-refractivity contribution in [3.05, 3.63) is 60.6 Å². The van der Waals surface area contributed by atoms with Crippen molar-refractivity contribution in [1.29, 1.82) is 0 Å². The molecule has 0 spiro atoms. The maximum Gasteiger partial charge on any atom is 0.253 e. The van der Waals surface area contributed by atoms with Gasteiger partial charge in [0.25, 0.3) is 5.91 Å². The fourth-order valence-corrected chi connectivity index (χ4v) is 4.27. The van der Waals surface area contributed by atoms with E-state index in [0.29, 0.717) is 50.4 Å². The van der Waals surface area contributed by atoms with E-state index >= 15 is 0 Å². The Balaban J connectivity index is 1.35. The predicted molar refractivity (Wildman–Crippen MR) is 129 cm³/mol. The number of carbonyl (C=O) groups is 1. The summed E-state index contributed by atoms with van der Waals surface area (Å²) in [6, 6.07) is 11.0. The molecule has 3 heterocycles. The number of rotatable bonds is 8. The van der Waals surface area contributed by atoms with Gasteiger partial charge in [0.15, 0.2) is 0 Å². The van der Waals surface area contributed by atoms with Gasteiger partial charge >= 0.3 is 0 Å². The largest absolute Gasteiger partial charge is 0.494 e. The van der Waals surface area contributed by atoms with E-state index < -0.39 is 5.60 Å². The molecule has 4 rings (SSSR count). The molecule has 1 saturated heterocycles. The van der Waals surface area contributed by atoms with Crippen LogP contribution in [-0.4, -0.2) is 71.3 Å². The van der Waals surface area contributed by atoms with Crippen LogP contribution in [0.25, 0.3) is 10.9 Å². The van der Waals surface area contributed by atoms with Crippen LogP contribution in [0.5, 0.6) is 5.75 Å². The minimum Gasteiger partial charge on any atom is -0.494 e. The number of pyridine rings is 2. The molecule has 3 aromatic rings. The summed E-state index contributed by atoms with van der Waals surface area (Å²) in [5.41, 5.74) is 7.11. The van der Waals surface area contributed by atoms with Crippen LogP contribution in [0.15, 0.2) is 55.0 Å². The molecule has 0 aliphatic carbocycles. The highest BCUT2D eigenvalue weighted by Crippen LogP contribution is 2.31. The van der Waals surface area contributed by atoms with Crippen LogP contribution in [0.1, 0.15) is 29.6 Å². The maximum atomic E-state index is 12.9. The van der Waals surface area contributed by atoms with E-state index in [1.807, 2.05) is 18.3 Å². The minimum absolute atomic E-state index is 0.120. The number of anilines is 1. The molecular weight excluding hydrogens is 418 g/mol. The third-order valence-corrected chi connectivity index (χ3v) is 6.15. The van der Waals surface area contributed by atoms with Crippen LogP contribution < -0.4 is 15.4 Å². The van der Waals surface area contributed by atoms with Crippen LogP contribution in [0.2, 0.25) is 0 Å². The highest BCUT2D eigenvalue weighted by Gasteiger charge is 2.35. The summed E-state index contributed by atoms with van der Waals surface area (Å²) in [7, 11) is 1.74. The molecule has 0 bridgehead atoms. The Morgan fingerprint density at radius 2 is 1.94 bits per heavy atom. The Labute approximate surface area is 194 Å². The average Bonchev–Trinajstić information content (AvgIpc) is 2.84. The Bertz CT molecular complexity index is 1080. The normalized spacial score (nSPS) is 15.4. The van der Waals surface area contributed by atoms with Gasteiger partial charge in [-0.05, 0) is 62.2 Å². The molecule has 0 unspecified atom stereocenters. The number of nitrogens with two attached hydrogens (primary N) is 1. The smallest absolute Gasteiger partial charge is 0.253 e. The standard InChI is InChI=1S/C25H31N5O3/c1-29(24(31)19-3-5-20(6-4-19)33-16-2-11-26)18-25(32)9-14-30(15-10-25)23-8-13-28-22-7-12-27-17-21(22)23/h3-8,12-13,17,32H,2,9-11,14-16,18,26H2,1H3. The Kier molecular flexibility index (Phi) is 7.05. The van der Waals surface area contributed by atoms with E-state index in [9.17, 15) is 9.90 Å². The number of carbonyl (C=O) groups excluding carboxylic acids is 1. The molecule has 174 valence electrons. The predicted octanol–water partition coefficient (Wildman–Crippen LogP) is 2.46. The zero-order valence-corrected chi connectivity index (χ0v) is 19.0. The lowest BCUT2D eigenvalue weighted by atomic mass is 9.90. The van der Waals surface area contributed by atoms with Gasteiger partial charge in [-0.1, -0.05) is 0 Å². The van der Waals surface area contributed by atoms with Gasteiger partial charge in [-0.2, -0.15) is 0 Å². The van der Waals surface area contributed by atoms with E-state index in [1.165, 1.54) is 0 Å². The fraction of sp³-hybridized carbons (Fsp3) is 0.400. The molecular formula is C25H31N5O3. The van der Waals surface area contributed by atoms with Crippen molar-refractivity contribution in [2.45, 2.75) is 24.9 Å². The first-order valence-corrected chi connectivity index (χ1v) is 11.3. The zero-order chi connectivity index (χ0) is 23.3. The second-order valence-electron chi connectivity index (χ2n) is 8.61. The number of ether oxygens (including phenoxy) is 1. The van der Waals surface area contributed by atoms with Gasteiger partial charge in [0, 0.05) is 61.9 Å². The van der Waals surface area contributed by atoms with Crippen LogP contribution in [0.4, 0.5) is 5.69 Å². The van der Waals surface area contributed by atoms with E-state index in [4.69, 9.17) is 10.5 Å². The van der Waals surface area contributed by atoms with Gasteiger partial charge in [-0.25, -0.2) is 0 Å². The lowest BCUT2D eigenvalue weighted by Crippen LogP contribution is -2.51. The molecule has 0 radical (unpaired) electrons. The summed E-state index contributed by atoms with van der Waals surface area (Å²) < 4.78 is 5.60. The van der Waals surface area contributed by atoms with Crippen LogP contribution in [-0.2, 0) is 0 Å². The van der Waals surface area contributed by atoms with Crippen molar-refractivity contribution in [3.63, 3.8) is 0 Å².